The second-order valence-electron chi connectivity index (χ2n) is 3.78. The molecule has 0 saturated carbocycles. The molecule has 0 amide bonds. The fraction of sp³-hybridized carbons (Fsp3) is 0.286. The Labute approximate surface area is 90.3 Å². The zero-order chi connectivity index (χ0) is 10.8. The van der Waals surface area contributed by atoms with Gasteiger partial charge in [0, 0.05) is 28.5 Å². The molecule has 2 aromatic rings. The predicted octanol–water partition coefficient (Wildman–Crippen LogP) is 2.17. The van der Waals surface area contributed by atoms with Gasteiger partial charge in [0.05, 0.1) is 0 Å². The van der Waals surface area contributed by atoms with Crippen molar-refractivity contribution in [2.45, 2.75) is 20.3 Å². The lowest BCUT2D eigenvalue weighted by atomic mass is 10.2. The maximum Gasteiger partial charge on any atom is 0.0488 e. The van der Waals surface area contributed by atoms with E-state index >= 15 is 0 Å². The topological polar surface area (TPSA) is 4.93 Å². The molecule has 0 radical (unpaired) electrons. The number of rotatable bonds is 1. The lowest BCUT2D eigenvalue weighted by Gasteiger charge is -1.94. The van der Waals surface area contributed by atoms with E-state index in [0.29, 0.717) is 0 Å². The fourth-order valence-corrected chi connectivity index (χ4v) is 2.21. The van der Waals surface area contributed by atoms with Gasteiger partial charge in [0.15, 0.2) is 0 Å². The van der Waals surface area contributed by atoms with Gasteiger partial charge in [-0.1, -0.05) is 37.3 Å². The van der Waals surface area contributed by atoms with Gasteiger partial charge in [-0.25, -0.2) is 0 Å². The molecule has 0 spiro atoms. The third-order valence-corrected chi connectivity index (χ3v) is 2.87. The first-order valence-corrected chi connectivity index (χ1v) is 5.49. The Hall–Kier alpha value is -1.50. The largest absolute Gasteiger partial charge is 0.344 e. The van der Waals surface area contributed by atoms with Crippen LogP contribution in [0.4, 0.5) is 0 Å². The molecule has 0 aliphatic rings. The zero-order valence-corrected chi connectivity index (χ0v) is 9.62. The smallest absolute Gasteiger partial charge is 0.0488 e. The summed E-state index contributed by atoms with van der Waals surface area (Å²) in [5.41, 5.74) is 1.31. The Morgan fingerprint density at radius 3 is 2.67 bits per heavy atom. The van der Waals surface area contributed by atoms with Crippen molar-refractivity contribution in [1.82, 2.24) is 4.57 Å². The normalized spacial score (nSPS) is 14.1. The molecule has 1 aromatic carbocycles. The molecule has 78 valence electrons. The van der Waals surface area contributed by atoms with Gasteiger partial charge in [-0.3, -0.25) is 0 Å². The van der Waals surface area contributed by atoms with Gasteiger partial charge in [-0.2, -0.15) is 0 Å². The average molecular weight is 199 g/mol. The number of aromatic nitrogens is 1. The first-order chi connectivity index (χ1) is 7.29. The van der Waals surface area contributed by atoms with Crippen LogP contribution in [0.1, 0.15) is 20.3 Å². The molecule has 0 unspecified atom stereocenters. The van der Waals surface area contributed by atoms with Crippen LogP contribution >= 0.6 is 0 Å². The highest BCUT2D eigenvalue weighted by Crippen LogP contribution is 2.06. The summed E-state index contributed by atoms with van der Waals surface area (Å²) in [5, 5.41) is 4.05. The van der Waals surface area contributed by atoms with E-state index in [-0.39, 0.29) is 0 Å². The van der Waals surface area contributed by atoms with Crippen LogP contribution in [0, 0.1) is 0 Å². The van der Waals surface area contributed by atoms with Crippen molar-refractivity contribution in [1.29, 1.82) is 0 Å². The van der Waals surface area contributed by atoms with Crippen LogP contribution in [-0.4, -0.2) is 4.57 Å². The highest BCUT2D eigenvalue weighted by molar-refractivity contribution is 5.81. The predicted molar refractivity (Wildman–Crippen MR) is 67.1 cm³/mol. The molecule has 0 saturated heterocycles. The van der Waals surface area contributed by atoms with Gasteiger partial charge in [0.2, 0.25) is 0 Å². The van der Waals surface area contributed by atoms with Gasteiger partial charge in [0.1, 0.15) is 0 Å². The summed E-state index contributed by atoms with van der Waals surface area (Å²) in [6.07, 6.45) is 5.56. The minimum atomic E-state index is 1.08. The van der Waals surface area contributed by atoms with Crippen molar-refractivity contribution < 1.29 is 0 Å². The molecule has 1 heteroatoms. The summed E-state index contributed by atoms with van der Waals surface area (Å²) in [6.45, 7) is 4.28. The molecule has 0 N–H and O–H groups in total. The first kappa shape index (κ1) is 10.0. The van der Waals surface area contributed by atoms with Crippen LogP contribution < -0.4 is 10.6 Å². The molecule has 0 fully saturated rings. The third kappa shape index (κ3) is 1.48. The minimum absolute atomic E-state index is 1.08. The van der Waals surface area contributed by atoms with Crippen molar-refractivity contribution in [3.05, 3.63) is 34.8 Å². The van der Waals surface area contributed by atoms with E-state index in [2.05, 4.69) is 61.9 Å². The third-order valence-electron chi connectivity index (χ3n) is 2.87. The number of aryl methyl sites for hydroxylation is 1. The Morgan fingerprint density at radius 1 is 1.27 bits per heavy atom. The molecule has 15 heavy (non-hydrogen) atoms. The molecule has 1 heterocycles. The molecular weight excluding hydrogens is 182 g/mol. The summed E-state index contributed by atoms with van der Waals surface area (Å²) in [6, 6.07) is 8.57. The number of hydrogen-bond acceptors (Lipinski definition) is 0. The van der Waals surface area contributed by atoms with Crippen molar-refractivity contribution in [3.8, 4) is 0 Å². The van der Waals surface area contributed by atoms with Gasteiger partial charge >= 0.3 is 0 Å². The van der Waals surface area contributed by atoms with Crippen LogP contribution in [0.5, 0.6) is 0 Å². The summed E-state index contributed by atoms with van der Waals surface area (Å²) in [7, 11) is 2.13. The second-order valence-corrected chi connectivity index (χ2v) is 3.78. The van der Waals surface area contributed by atoms with E-state index in [1.165, 1.54) is 21.5 Å². The van der Waals surface area contributed by atoms with Gasteiger partial charge in [-0.15, -0.1) is 0 Å². The van der Waals surface area contributed by atoms with Gasteiger partial charge in [-0.05, 0) is 19.4 Å². The van der Waals surface area contributed by atoms with Crippen molar-refractivity contribution in [3.63, 3.8) is 0 Å². The van der Waals surface area contributed by atoms with Crippen molar-refractivity contribution >= 4 is 23.1 Å². The maximum atomic E-state index is 2.30. The van der Waals surface area contributed by atoms with E-state index < -0.39 is 0 Å². The van der Waals surface area contributed by atoms with Crippen LogP contribution in [0.25, 0.3) is 23.1 Å². The molecule has 1 nitrogen and oxygen atoms in total. The second kappa shape index (κ2) is 3.93. The van der Waals surface area contributed by atoms with Crippen LogP contribution in [0.3, 0.4) is 0 Å². The summed E-state index contributed by atoms with van der Waals surface area (Å²) >= 11 is 0. The highest BCUT2D eigenvalue weighted by Gasteiger charge is 2.01. The molecular formula is C14H17N. The van der Waals surface area contributed by atoms with Crippen molar-refractivity contribution in [2.24, 2.45) is 7.05 Å². The van der Waals surface area contributed by atoms with Crippen LogP contribution in [0.15, 0.2) is 24.3 Å². The summed E-state index contributed by atoms with van der Waals surface area (Å²) in [5.74, 6) is 0. The maximum absolute atomic E-state index is 2.30. The van der Waals surface area contributed by atoms with E-state index in [0.717, 1.165) is 6.42 Å². The first-order valence-electron chi connectivity index (χ1n) is 5.49. The minimum Gasteiger partial charge on any atom is -0.344 e. The van der Waals surface area contributed by atoms with Crippen LogP contribution in [-0.2, 0) is 7.05 Å². The summed E-state index contributed by atoms with van der Waals surface area (Å²) < 4.78 is 2.26. The Morgan fingerprint density at radius 2 is 2.00 bits per heavy atom. The number of hydrogen-bond donors (Lipinski definition) is 0. The highest BCUT2D eigenvalue weighted by atomic mass is 14.9. The number of benzene rings is 1. The Balaban J connectivity index is 3.06. The average Bonchev–Trinajstić information content (AvgIpc) is 2.54. The molecule has 2 rings (SSSR count). The zero-order valence-electron chi connectivity index (χ0n) is 9.62. The number of fused-ring (bicyclic) bond motifs is 1. The lowest BCUT2D eigenvalue weighted by Crippen LogP contribution is -2.27. The molecule has 0 aliphatic heterocycles. The molecule has 0 bridgehead atoms. The number of para-hydroxylation sites is 1. The van der Waals surface area contributed by atoms with Crippen molar-refractivity contribution in [2.75, 3.05) is 0 Å². The SMILES string of the molecule is C/C=c1\c(=C/CC)c2ccccc2n1C. The summed E-state index contributed by atoms with van der Waals surface area (Å²) in [4.78, 5) is 0. The monoisotopic (exact) mass is 199 g/mol. The van der Waals surface area contributed by atoms with Gasteiger partial charge in [0.25, 0.3) is 0 Å². The fourth-order valence-electron chi connectivity index (χ4n) is 2.21. The lowest BCUT2D eigenvalue weighted by molar-refractivity contribution is 0.923. The molecule has 1 aromatic heterocycles. The standard InChI is InChI=1S/C14H17N/c1-4-8-11-12-9-6-7-10-14(12)15(3)13(11)5-2/h5-10H,4H2,1-3H3/b11-8-,13-5+. The van der Waals surface area contributed by atoms with E-state index in [1.807, 2.05) is 0 Å². The van der Waals surface area contributed by atoms with E-state index in [9.17, 15) is 0 Å². The van der Waals surface area contributed by atoms with Gasteiger partial charge < -0.3 is 4.57 Å². The number of nitrogens with zero attached hydrogens (tertiary/aromatic N) is 1. The van der Waals surface area contributed by atoms with Crippen LogP contribution in [0.2, 0.25) is 0 Å². The quantitative estimate of drug-likeness (QED) is 0.663. The van der Waals surface area contributed by atoms with E-state index in [4.69, 9.17) is 0 Å². The molecule has 0 aliphatic carbocycles. The Kier molecular flexibility index (Phi) is 2.63. The Bertz CT molecular complexity index is 588. The van der Waals surface area contributed by atoms with E-state index in [1.54, 1.807) is 0 Å². The molecule has 0 atom stereocenters.